The number of rotatable bonds is 0. The molecule has 0 radical (unpaired) electrons. The molecule has 0 unspecified atom stereocenters. The van der Waals surface area contributed by atoms with Gasteiger partial charge in [0.25, 0.3) is 0 Å². The van der Waals surface area contributed by atoms with Crippen molar-refractivity contribution in [2.75, 3.05) is 0 Å². The van der Waals surface area contributed by atoms with Gasteiger partial charge in [-0.3, -0.25) is 4.79 Å². The van der Waals surface area contributed by atoms with Crippen molar-refractivity contribution in [3.63, 3.8) is 0 Å². The molecular formula is C10H14O. The second-order valence-corrected chi connectivity index (χ2v) is 3.33. The average Bonchev–Trinajstić information content (AvgIpc) is 1.85. The molecule has 1 aliphatic rings. The standard InChI is InChI=1S/C10H14O/c1-7(2)9-5-4-8(3)6-10(9)11/h3-6H2,1-2H3. The maximum atomic E-state index is 11.3. The summed E-state index contributed by atoms with van der Waals surface area (Å²) in [5.41, 5.74) is 3.28. The van der Waals surface area contributed by atoms with Gasteiger partial charge in [-0.25, -0.2) is 0 Å². The summed E-state index contributed by atoms with van der Waals surface area (Å²) in [7, 11) is 0. The van der Waals surface area contributed by atoms with Gasteiger partial charge in [-0.15, -0.1) is 0 Å². The molecule has 1 fully saturated rings. The topological polar surface area (TPSA) is 17.1 Å². The van der Waals surface area contributed by atoms with Crippen LogP contribution in [0, 0.1) is 0 Å². The third-order valence-electron chi connectivity index (χ3n) is 2.08. The zero-order chi connectivity index (χ0) is 8.43. The van der Waals surface area contributed by atoms with Crippen molar-refractivity contribution in [3.05, 3.63) is 23.3 Å². The Bertz CT molecular complexity index is 229. The van der Waals surface area contributed by atoms with E-state index >= 15 is 0 Å². The van der Waals surface area contributed by atoms with Gasteiger partial charge in [0.2, 0.25) is 0 Å². The van der Waals surface area contributed by atoms with E-state index in [2.05, 4.69) is 6.58 Å². The molecular weight excluding hydrogens is 136 g/mol. The predicted molar refractivity (Wildman–Crippen MR) is 46.4 cm³/mol. The first-order valence-corrected chi connectivity index (χ1v) is 3.97. The highest BCUT2D eigenvalue weighted by Crippen LogP contribution is 2.25. The van der Waals surface area contributed by atoms with E-state index in [1.807, 2.05) is 13.8 Å². The lowest BCUT2D eigenvalue weighted by Gasteiger charge is -2.16. The van der Waals surface area contributed by atoms with Gasteiger partial charge in [0, 0.05) is 6.42 Å². The molecule has 0 N–H and O–H groups in total. The van der Waals surface area contributed by atoms with Crippen LogP contribution in [0.15, 0.2) is 23.3 Å². The summed E-state index contributed by atoms with van der Waals surface area (Å²) < 4.78 is 0. The van der Waals surface area contributed by atoms with E-state index in [1.165, 1.54) is 5.57 Å². The fourth-order valence-electron chi connectivity index (χ4n) is 1.39. The summed E-state index contributed by atoms with van der Waals surface area (Å²) in [6.07, 6.45) is 2.47. The second-order valence-electron chi connectivity index (χ2n) is 3.33. The Labute approximate surface area is 67.8 Å². The summed E-state index contributed by atoms with van der Waals surface area (Å²) in [5, 5.41) is 0. The molecule has 0 bridgehead atoms. The van der Waals surface area contributed by atoms with Gasteiger partial charge in [-0.2, -0.15) is 0 Å². The fraction of sp³-hybridized carbons (Fsp3) is 0.500. The number of carbonyl (C=O) groups is 1. The maximum absolute atomic E-state index is 11.3. The zero-order valence-electron chi connectivity index (χ0n) is 7.24. The van der Waals surface area contributed by atoms with E-state index in [0.29, 0.717) is 6.42 Å². The van der Waals surface area contributed by atoms with E-state index in [0.717, 1.165) is 24.0 Å². The molecule has 0 heterocycles. The fourth-order valence-corrected chi connectivity index (χ4v) is 1.39. The van der Waals surface area contributed by atoms with Crippen LogP contribution in [-0.2, 0) is 4.79 Å². The Morgan fingerprint density at radius 3 is 2.45 bits per heavy atom. The second kappa shape index (κ2) is 3.04. The Balaban J connectivity index is 2.81. The van der Waals surface area contributed by atoms with Crippen molar-refractivity contribution in [1.82, 2.24) is 0 Å². The quantitative estimate of drug-likeness (QED) is 0.383. The van der Waals surface area contributed by atoms with Crippen LogP contribution in [0.4, 0.5) is 0 Å². The Hall–Kier alpha value is -0.850. The minimum atomic E-state index is 0.279. The van der Waals surface area contributed by atoms with Crippen LogP contribution in [0.2, 0.25) is 0 Å². The van der Waals surface area contributed by atoms with E-state index in [9.17, 15) is 4.79 Å². The smallest absolute Gasteiger partial charge is 0.162 e. The van der Waals surface area contributed by atoms with Gasteiger partial charge in [-0.05, 0) is 32.3 Å². The third kappa shape index (κ3) is 1.79. The van der Waals surface area contributed by atoms with Crippen LogP contribution >= 0.6 is 0 Å². The molecule has 1 rings (SSSR count). The summed E-state index contributed by atoms with van der Waals surface area (Å²) >= 11 is 0. The number of carbonyl (C=O) groups excluding carboxylic acids is 1. The lowest BCUT2D eigenvalue weighted by molar-refractivity contribution is -0.115. The molecule has 0 aromatic rings. The van der Waals surface area contributed by atoms with Crippen LogP contribution in [0.25, 0.3) is 0 Å². The van der Waals surface area contributed by atoms with E-state index < -0.39 is 0 Å². The number of hydrogen-bond acceptors (Lipinski definition) is 1. The molecule has 0 aromatic heterocycles. The first kappa shape index (κ1) is 8.25. The van der Waals surface area contributed by atoms with Crippen molar-refractivity contribution >= 4 is 5.78 Å². The largest absolute Gasteiger partial charge is 0.294 e. The number of Topliss-reactive ketones (excluding diaryl/α,β-unsaturated/α-hetero) is 1. The van der Waals surface area contributed by atoms with Crippen molar-refractivity contribution in [2.24, 2.45) is 0 Å². The summed E-state index contributed by atoms with van der Waals surface area (Å²) in [6, 6.07) is 0. The molecule has 0 amide bonds. The molecule has 1 heteroatoms. The number of allylic oxidation sites excluding steroid dienone is 3. The average molecular weight is 150 g/mol. The molecule has 0 atom stereocenters. The van der Waals surface area contributed by atoms with E-state index in [1.54, 1.807) is 0 Å². The molecule has 11 heavy (non-hydrogen) atoms. The van der Waals surface area contributed by atoms with Gasteiger partial charge in [0.05, 0.1) is 0 Å². The minimum Gasteiger partial charge on any atom is -0.294 e. The molecule has 1 aliphatic carbocycles. The molecule has 1 nitrogen and oxygen atoms in total. The van der Waals surface area contributed by atoms with Gasteiger partial charge >= 0.3 is 0 Å². The van der Waals surface area contributed by atoms with Crippen molar-refractivity contribution in [1.29, 1.82) is 0 Å². The van der Waals surface area contributed by atoms with Crippen molar-refractivity contribution in [3.8, 4) is 0 Å². The van der Waals surface area contributed by atoms with Crippen LogP contribution in [0.1, 0.15) is 33.1 Å². The first-order valence-electron chi connectivity index (χ1n) is 3.97. The molecule has 1 saturated carbocycles. The lowest BCUT2D eigenvalue weighted by atomic mass is 9.88. The molecule has 0 saturated heterocycles. The molecule has 0 aromatic carbocycles. The molecule has 0 spiro atoms. The van der Waals surface area contributed by atoms with Gasteiger partial charge in [-0.1, -0.05) is 17.7 Å². The third-order valence-corrected chi connectivity index (χ3v) is 2.08. The Morgan fingerprint density at radius 2 is 2.00 bits per heavy atom. The number of ketones is 1. The van der Waals surface area contributed by atoms with Crippen LogP contribution in [0.5, 0.6) is 0 Å². The van der Waals surface area contributed by atoms with Gasteiger partial charge in [0.1, 0.15) is 0 Å². The van der Waals surface area contributed by atoms with Crippen LogP contribution in [0.3, 0.4) is 0 Å². The SMILES string of the molecule is C=C1CCC(=C(C)C)C(=O)C1. The number of hydrogen-bond donors (Lipinski definition) is 0. The molecule has 0 aliphatic heterocycles. The first-order chi connectivity index (χ1) is 5.11. The van der Waals surface area contributed by atoms with Gasteiger partial charge < -0.3 is 0 Å². The highest BCUT2D eigenvalue weighted by molar-refractivity contribution is 5.98. The normalized spacial score (nSPS) is 18.9. The molecule has 60 valence electrons. The van der Waals surface area contributed by atoms with Crippen LogP contribution < -0.4 is 0 Å². The lowest BCUT2D eigenvalue weighted by Crippen LogP contribution is -2.11. The van der Waals surface area contributed by atoms with Crippen molar-refractivity contribution in [2.45, 2.75) is 33.1 Å². The highest BCUT2D eigenvalue weighted by Gasteiger charge is 2.17. The Kier molecular flexibility index (Phi) is 2.28. The van der Waals surface area contributed by atoms with Crippen LogP contribution in [-0.4, -0.2) is 5.78 Å². The Morgan fingerprint density at radius 1 is 1.36 bits per heavy atom. The predicted octanol–water partition coefficient (Wildman–Crippen LogP) is 2.63. The van der Waals surface area contributed by atoms with E-state index in [-0.39, 0.29) is 5.78 Å². The summed E-state index contributed by atoms with van der Waals surface area (Å²) in [4.78, 5) is 11.3. The monoisotopic (exact) mass is 150 g/mol. The summed E-state index contributed by atoms with van der Waals surface area (Å²) in [5.74, 6) is 0.279. The van der Waals surface area contributed by atoms with E-state index in [4.69, 9.17) is 0 Å². The van der Waals surface area contributed by atoms with Gasteiger partial charge in [0.15, 0.2) is 5.78 Å². The minimum absolute atomic E-state index is 0.279. The summed E-state index contributed by atoms with van der Waals surface area (Å²) in [6.45, 7) is 7.82. The maximum Gasteiger partial charge on any atom is 0.162 e. The van der Waals surface area contributed by atoms with Crippen molar-refractivity contribution < 1.29 is 4.79 Å². The highest BCUT2D eigenvalue weighted by atomic mass is 16.1. The zero-order valence-corrected chi connectivity index (χ0v) is 7.24.